The van der Waals surface area contributed by atoms with Gasteiger partial charge in [0.1, 0.15) is 11.5 Å². The van der Waals surface area contributed by atoms with Gasteiger partial charge in [0.2, 0.25) is 5.95 Å². The van der Waals surface area contributed by atoms with Crippen molar-refractivity contribution < 1.29 is 0 Å². The van der Waals surface area contributed by atoms with Crippen LogP contribution in [0.15, 0.2) is 6.07 Å². The third-order valence-corrected chi connectivity index (χ3v) is 4.23. The summed E-state index contributed by atoms with van der Waals surface area (Å²) in [5.41, 5.74) is 7.89. The molecular weight excluding hydrogens is 290 g/mol. The van der Waals surface area contributed by atoms with Gasteiger partial charge in [-0.3, -0.25) is 5.10 Å². The molecule has 1 atom stereocenters. The summed E-state index contributed by atoms with van der Waals surface area (Å²) in [5, 5.41) is 10.9. The van der Waals surface area contributed by atoms with Gasteiger partial charge in [-0.05, 0) is 20.4 Å². The Hall–Kier alpha value is -1.86. The number of hydrogen-bond acceptors (Lipinski definition) is 6. The number of nitrogens with zero attached hydrogens (tertiary/aromatic N) is 4. The molecule has 7 nitrogen and oxygen atoms in total. The van der Waals surface area contributed by atoms with Crippen molar-refractivity contribution in [2.45, 2.75) is 19.4 Å². The van der Waals surface area contributed by atoms with Gasteiger partial charge in [-0.2, -0.15) is 10.1 Å². The van der Waals surface area contributed by atoms with E-state index in [1.54, 1.807) is 0 Å². The van der Waals surface area contributed by atoms with E-state index in [0.717, 1.165) is 31.0 Å². The molecule has 0 bridgehead atoms. The maximum Gasteiger partial charge on any atom is 0.222 e. The first-order chi connectivity index (χ1) is 10.1. The van der Waals surface area contributed by atoms with E-state index < -0.39 is 0 Å². The molecule has 0 saturated carbocycles. The van der Waals surface area contributed by atoms with Crippen LogP contribution in [0, 0.1) is 6.92 Å². The molecule has 0 radical (unpaired) electrons. The van der Waals surface area contributed by atoms with Gasteiger partial charge in [0, 0.05) is 25.2 Å². The lowest BCUT2D eigenvalue weighted by Gasteiger charge is -2.18. The van der Waals surface area contributed by atoms with Crippen molar-refractivity contribution in [3.05, 3.63) is 16.8 Å². The minimum Gasteiger partial charge on any atom is -0.368 e. The van der Waals surface area contributed by atoms with E-state index in [4.69, 9.17) is 17.3 Å². The van der Waals surface area contributed by atoms with Crippen molar-refractivity contribution in [1.29, 1.82) is 0 Å². The minimum atomic E-state index is 0.229. The van der Waals surface area contributed by atoms with Crippen LogP contribution < -0.4 is 16.0 Å². The van der Waals surface area contributed by atoms with E-state index in [2.05, 4.69) is 30.4 Å². The van der Waals surface area contributed by atoms with E-state index in [9.17, 15) is 0 Å². The van der Waals surface area contributed by atoms with E-state index in [1.807, 2.05) is 20.0 Å². The van der Waals surface area contributed by atoms with Crippen molar-refractivity contribution in [3.8, 4) is 11.4 Å². The predicted octanol–water partition coefficient (Wildman–Crippen LogP) is 1.21. The van der Waals surface area contributed by atoms with E-state index >= 15 is 0 Å². The quantitative estimate of drug-likeness (QED) is 0.789. The van der Waals surface area contributed by atoms with Crippen LogP contribution in [0.4, 0.5) is 11.8 Å². The minimum absolute atomic E-state index is 0.229. The second kappa shape index (κ2) is 5.50. The van der Waals surface area contributed by atoms with Crippen molar-refractivity contribution in [2.24, 2.45) is 0 Å². The van der Waals surface area contributed by atoms with Crippen molar-refractivity contribution in [3.63, 3.8) is 0 Å². The van der Waals surface area contributed by atoms with E-state index in [-0.39, 0.29) is 5.95 Å². The molecule has 0 aromatic carbocycles. The maximum absolute atomic E-state index is 6.23. The number of anilines is 2. The average molecular weight is 308 g/mol. The normalized spacial score (nSPS) is 18.4. The summed E-state index contributed by atoms with van der Waals surface area (Å²) in [6.45, 7) is 3.71. The Bertz CT molecular complexity index is 654. The van der Waals surface area contributed by atoms with Gasteiger partial charge in [0.25, 0.3) is 0 Å². The molecule has 0 aliphatic carbocycles. The summed E-state index contributed by atoms with van der Waals surface area (Å²) in [4.78, 5) is 10.8. The molecule has 0 spiro atoms. The number of likely N-dealkylation sites (N-methyl/N-ethyl adjacent to an activating group) is 1. The summed E-state index contributed by atoms with van der Waals surface area (Å²) in [7, 11) is 1.97. The Morgan fingerprint density at radius 3 is 2.90 bits per heavy atom. The highest BCUT2D eigenvalue weighted by Gasteiger charge is 2.23. The van der Waals surface area contributed by atoms with Crippen LogP contribution in [0.3, 0.4) is 0 Å². The SMILES string of the molecule is CN[C@@H]1CCN(c2cc(-c3n[nH]c(C)c3Cl)nc(N)n2)C1. The van der Waals surface area contributed by atoms with Crippen molar-refractivity contribution in [2.75, 3.05) is 30.8 Å². The molecular formula is C13H18ClN7. The third-order valence-electron chi connectivity index (χ3n) is 3.77. The van der Waals surface area contributed by atoms with Gasteiger partial charge >= 0.3 is 0 Å². The number of nitrogen functional groups attached to an aromatic ring is 1. The monoisotopic (exact) mass is 307 g/mol. The fourth-order valence-electron chi connectivity index (χ4n) is 2.53. The molecule has 3 rings (SSSR count). The summed E-state index contributed by atoms with van der Waals surface area (Å²) in [6.07, 6.45) is 1.08. The van der Waals surface area contributed by atoms with Crippen LogP contribution in [0.25, 0.3) is 11.4 Å². The molecule has 1 aliphatic rings. The Balaban J connectivity index is 1.95. The number of aromatic amines is 1. The van der Waals surface area contributed by atoms with Crippen LogP contribution >= 0.6 is 11.6 Å². The fraction of sp³-hybridized carbons (Fsp3) is 0.462. The average Bonchev–Trinajstić information content (AvgIpc) is 3.06. The zero-order valence-electron chi connectivity index (χ0n) is 12.0. The number of nitrogens with two attached hydrogens (primary N) is 1. The number of halogens is 1. The molecule has 2 aromatic rings. The molecule has 0 unspecified atom stereocenters. The van der Waals surface area contributed by atoms with Crippen molar-refractivity contribution in [1.82, 2.24) is 25.5 Å². The molecule has 1 aliphatic heterocycles. The number of hydrogen-bond donors (Lipinski definition) is 3. The zero-order chi connectivity index (χ0) is 15.0. The Labute approximate surface area is 127 Å². The Morgan fingerprint density at radius 1 is 1.48 bits per heavy atom. The topological polar surface area (TPSA) is 95.8 Å². The maximum atomic E-state index is 6.23. The zero-order valence-corrected chi connectivity index (χ0v) is 12.8. The number of H-pyrrole nitrogens is 1. The Kier molecular flexibility index (Phi) is 3.69. The predicted molar refractivity (Wildman–Crippen MR) is 83.5 cm³/mol. The van der Waals surface area contributed by atoms with E-state index in [1.165, 1.54) is 0 Å². The molecule has 4 N–H and O–H groups in total. The first-order valence-electron chi connectivity index (χ1n) is 6.86. The summed E-state index contributed by atoms with van der Waals surface area (Å²) in [6, 6.07) is 2.36. The standard InChI is InChI=1S/C13H18ClN7/c1-7-11(14)12(20-19-7)9-5-10(18-13(15)17-9)21-4-3-8(6-21)16-2/h5,8,16H,3-4,6H2,1-2H3,(H,19,20)(H2,15,17,18)/t8-/m1/s1. The smallest absolute Gasteiger partial charge is 0.222 e. The molecule has 3 heterocycles. The third kappa shape index (κ3) is 2.66. The van der Waals surface area contributed by atoms with Crippen LogP contribution in [0.2, 0.25) is 5.02 Å². The lowest BCUT2D eigenvalue weighted by atomic mass is 10.2. The molecule has 1 saturated heterocycles. The van der Waals surface area contributed by atoms with Crippen LogP contribution in [0.1, 0.15) is 12.1 Å². The second-order valence-electron chi connectivity index (χ2n) is 5.20. The Morgan fingerprint density at radius 2 is 2.29 bits per heavy atom. The van der Waals surface area contributed by atoms with E-state index in [0.29, 0.717) is 22.5 Å². The van der Waals surface area contributed by atoms with Crippen molar-refractivity contribution >= 4 is 23.4 Å². The molecule has 21 heavy (non-hydrogen) atoms. The summed E-state index contributed by atoms with van der Waals surface area (Å²) < 4.78 is 0. The molecule has 1 fully saturated rings. The van der Waals surface area contributed by atoms with Gasteiger partial charge in [-0.25, -0.2) is 4.98 Å². The second-order valence-corrected chi connectivity index (χ2v) is 5.58. The number of aryl methyl sites for hydroxylation is 1. The lowest BCUT2D eigenvalue weighted by Crippen LogP contribution is -2.30. The highest BCUT2D eigenvalue weighted by molar-refractivity contribution is 6.33. The first-order valence-corrected chi connectivity index (χ1v) is 7.24. The highest BCUT2D eigenvalue weighted by atomic mass is 35.5. The van der Waals surface area contributed by atoms with Gasteiger partial charge in [0.05, 0.1) is 16.4 Å². The highest BCUT2D eigenvalue weighted by Crippen LogP contribution is 2.29. The number of nitrogens with one attached hydrogen (secondary N) is 2. The van der Waals surface area contributed by atoms with Gasteiger partial charge < -0.3 is 16.0 Å². The molecule has 2 aromatic heterocycles. The van der Waals surface area contributed by atoms with Gasteiger partial charge in [0.15, 0.2) is 0 Å². The summed E-state index contributed by atoms with van der Waals surface area (Å²) >= 11 is 6.23. The van der Waals surface area contributed by atoms with Crippen LogP contribution in [-0.2, 0) is 0 Å². The lowest BCUT2D eigenvalue weighted by molar-refractivity contribution is 0.616. The first kappa shape index (κ1) is 14.1. The van der Waals surface area contributed by atoms with Crippen LogP contribution in [-0.4, -0.2) is 46.3 Å². The number of rotatable bonds is 3. The van der Waals surface area contributed by atoms with Crippen LogP contribution in [0.5, 0.6) is 0 Å². The van der Waals surface area contributed by atoms with Gasteiger partial charge in [-0.15, -0.1) is 0 Å². The molecule has 112 valence electrons. The number of aromatic nitrogens is 4. The molecule has 0 amide bonds. The largest absolute Gasteiger partial charge is 0.368 e. The fourth-order valence-corrected chi connectivity index (χ4v) is 2.71. The molecule has 8 heteroatoms. The summed E-state index contributed by atoms with van der Waals surface area (Å²) in [5.74, 6) is 1.04. The van der Waals surface area contributed by atoms with Gasteiger partial charge in [-0.1, -0.05) is 11.6 Å².